The van der Waals surface area contributed by atoms with Gasteiger partial charge in [-0.25, -0.2) is 9.59 Å². The van der Waals surface area contributed by atoms with Gasteiger partial charge in [-0.05, 0) is 42.3 Å². The van der Waals surface area contributed by atoms with Crippen molar-refractivity contribution in [2.24, 2.45) is 0 Å². The van der Waals surface area contributed by atoms with Gasteiger partial charge in [0.15, 0.2) is 0 Å². The van der Waals surface area contributed by atoms with Gasteiger partial charge in [-0.1, -0.05) is 60.7 Å². The molecule has 1 aliphatic heterocycles. The molecule has 3 aromatic rings. The number of benzene rings is 3. The first-order chi connectivity index (χ1) is 18.1. The van der Waals surface area contributed by atoms with Crippen molar-refractivity contribution in [3.63, 3.8) is 0 Å². The number of morpholine rings is 1. The topological polar surface area (TPSA) is 89.1 Å². The molecule has 8 nitrogen and oxygen atoms in total. The lowest BCUT2D eigenvalue weighted by Crippen LogP contribution is -2.38. The molecule has 1 aliphatic rings. The highest BCUT2D eigenvalue weighted by atomic mass is 16.5. The fourth-order valence-electron chi connectivity index (χ4n) is 4.20. The summed E-state index contributed by atoms with van der Waals surface area (Å²) in [6.45, 7) is 4.82. The van der Waals surface area contributed by atoms with Crippen molar-refractivity contribution in [3.8, 4) is 5.75 Å². The van der Waals surface area contributed by atoms with Crippen LogP contribution in [0.1, 0.15) is 34.0 Å². The highest BCUT2D eigenvalue weighted by molar-refractivity contribution is 5.96. The van der Waals surface area contributed by atoms with E-state index in [-0.39, 0.29) is 11.6 Å². The van der Waals surface area contributed by atoms with Gasteiger partial charge >= 0.3 is 12.0 Å². The second-order valence-electron chi connectivity index (χ2n) is 8.71. The third-order valence-corrected chi connectivity index (χ3v) is 6.13. The number of esters is 1. The minimum Gasteiger partial charge on any atom is -0.480 e. The van der Waals surface area contributed by atoms with Crippen LogP contribution in [0.4, 0.5) is 10.5 Å². The van der Waals surface area contributed by atoms with E-state index in [0.717, 1.165) is 50.4 Å². The lowest BCUT2D eigenvalue weighted by Gasteiger charge is -2.26. The lowest BCUT2D eigenvalue weighted by molar-refractivity contribution is 0.0375. The molecule has 0 unspecified atom stereocenters. The largest absolute Gasteiger partial charge is 0.480 e. The Kier molecular flexibility index (Phi) is 9.51. The van der Waals surface area contributed by atoms with Gasteiger partial charge in [0, 0.05) is 25.3 Å². The summed E-state index contributed by atoms with van der Waals surface area (Å²) < 4.78 is 16.8. The summed E-state index contributed by atoms with van der Waals surface area (Å²) >= 11 is 0. The van der Waals surface area contributed by atoms with E-state index >= 15 is 0 Å². The van der Waals surface area contributed by atoms with Gasteiger partial charge in [0.25, 0.3) is 0 Å². The summed E-state index contributed by atoms with van der Waals surface area (Å²) in [5, 5.41) is 5.66. The van der Waals surface area contributed by atoms with E-state index in [1.807, 2.05) is 60.7 Å². The van der Waals surface area contributed by atoms with Gasteiger partial charge in [-0.2, -0.15) is 0 Å². The van der Waals surface area contributed by atoms with Gasteiger partial charge in [-0.3, -0.25) is 4.90 Å². The Labute approximate surface area is 217 Å². The number of hydrogen-bond donors (Lipinski definition) is 2. The molecule has 37 heavy (non-hydrogen) atoms. The van der Waals surface area contributed by atoms with Crippen molar-refractivity contribution in [3.05, 3.63) is 95.6 Å². The highest BCUT2D eigenvalue weighted by Crippen LogP contribution is 2.32. The minimum atomic E-state index is -0.551. The first-order valence-corrected chi connectivity index (χ1v) is 12.5. The number of rotatable bonds is 10. The molecule has 8 heteroatoms. The molecule has 1 saturated heterocycles. The molecule has 1 heterocycles. The Hall–Kier alpha value is -3.88. The van der Waals surface area contributed by atoms with Gasteiger partial charge < -0.3 is 24.8 Å². The molecule has 1 fully saturated rings. The molecule has 4 rings (SSSR count). The van der Waals surface area contributed by atoms with Gasteiger partial charge in [0.05, 0.1) is 20.3 Å². The number of nitrogens with one attached hydrogen (secondary N) is 2. The second-order valence-corrected chi connectivity index (χ2v) is 8.71. The molecule has 2 amide bonds. The Morgan fingerprint density at radius 3 is 2.22 bits per heavy atom. The molecule has 0 spiro atoms. The van der Waals surface area contributed by atoms with Crippen LogP contribution in [-0.2, 0) is 9.47 Å². The Morgan fingerprint density at radius 1 is 0.946 bits per heavy atom. The summed E-state index contributed by atoms with van der Waals surface area (Å²) in [6.07, 6.45) is 0.410. The van der Waals surface area contributed by atoms with E-state index in [0.29, 0.717) is 18.0 Å². The molecule has 0 radical (unpaired) electrons. The summed E-state index contributed by atoms with van der Waals surface area (Å²) in [5.41, 5.74) is 2.59. The van der Waals surface area contributed by atoms with Crippen LogP contribution in [0.2, 0.25) is 0 Å². The Morgan fingerprint density at radius 2 is 1.59 bits per heavy atom. The maximum Gasteiger partial charge on any atom is 0.341 e. The molecule has 194 valence electrons. The van der Waals surface area contributed by atoms with Crippen LogP contribution in [0, 0.1) is 0 Å². The third-order valence-electron chi connectivity index (χ3n) is 6.13. The second kappa shape index (κ2) is 13.4. The van der Waals surface area contributed by atoms with Crippen molar-refractivity contribution in [2.45, 2.75) is 12.5 Å². The van der Waals surface area contributed by atoms with Crippen molar-refractivity contribution >= 4 is 17.7 Å². The number of methoxy groups -OCH3 is 1. The van der Waals surface area contributed by atoms with Crippen LogP contribution in [0.15, 0.2) is 78.9 Å². The van der Waals surface area contributed by atoms with Crippen LogP contribution < -0.4 is 15.4 Å². The molecule has 0 aliphatic carbocycles. The van der Waals surface area contributed by atoms with Gasteiger partial charge in [0.2, 0.25) is 0 Å². The monoisotopic (exact) mass is 503 g/mol. The fourth-order valence-corrected chi connectivity index (χ4v) is 4.20. The predicted molar refractivity (Wildman–Crippen MR) is 142 cm³/mol. The number of anilines is 1. The van der Waals surface area contributed by atoms with Crippen molar-refractivity contribution in [1.29, 1.82) is 0 Å². The summed E-state index contributed by atoms with van der Waals surface area (Å²) in [4.78, 5) is 27.4. The van der Waals surface area contributed by atoms with Crippen molar-refractivity contribution in [1.82, 2.24) is 10.2 Å². The summed E-state index contributed by atoms with van der Waals surface area (Å²) in [5.74, 6) is -0.189. The fraction of sp³-hybridized carbons (Fsp3) is 0.310. The first-order valence-electron chi connectivity index (χ1n) is 12.5. The molecule has 3 aromatic carbocycles. The molecule has 0 atom stereocenters. The van der Waals surface area contributed by atoms with E-state index in [4.69, 9.17) is 14.2 Å². The Bertz CT molecular complexity index is 1110. The van der Waals surface area contributed by atoms with E-state index in [9.17, 15) is 9.59 Å². The van der Waals surface area contributed by atoms with Crippen LogP contribution in [-0.4, -0.2) is 63.4 Å². The molecule has 0 aromatic heterocycles. The summed E-state index contributed by atoms with van der Waals surface area (Å²) in [6, 6.07) is 24.2. The maximum absolute atomic E-state index is 12.6. The lowest BCUT2D eigenvalue weighted by atomic mass is 10.0. The third kappa shape index (κ3) is 7.55. The van der Waals surface area contributed by atoms with Crippen LogP contribution in [0.5, 0.6) is 5.75 Å². The molecule has 0 saturated carbocycles. The minimum absolute atomic E-state index is 0.226. The number of hydrogen-bond acceptors (Lipinski definition) is 6. The number of ether oxygens (including phenoxy) is 3. The number of amides is 2. The number of nitrogens with zero attached hydrogens (tertiary/aromatic N) is 1. The molecular formula is C29H33N3O5. The number of urea groups is 1. The molecule has 2 N–H and O–H groups in total. The van der Waals surface area contributed by atoms with E-state index < -0.39 is 12.1 Å². The predicted octanol–water partition coefficient (Wildman–Crippen LogP) is 4.49. The zero-order chi connectivity index (χ0) is 25.9. The van der Waals surface area contributed by atoms with Crippen LogP contribution >= 0.6 is 0 Å². The van der Waals surface area contributed by atoms with Crippen molar-refractivity contribution in [2.75, 3.05) is 51.8 Å². The SMILES string of the molecule is COC(=O)c1cc(NC(=O)NCCCN2CCOCC2)ccc1OC(c1ccccc1)c1ccccc1. The highest BCUT2D eigenvalue weighted by Gasteiger charge is 2.21. The van der Waals surface area contributed by atoms with E-state index in [1.165, 1.54) is 7.11 Å². The van der Waals surface area contributed by atoms with Crippen LogP contribution in [0.3, 0.4) is 0 Å². The average molecular weight is 504 g/mol. The normalized spacial score (nSPS) is 13.7. The number of carbonyl (C=O) groups excluding carboxylic acids is 2. The van der Waals surface area contributed by atoms with Crippen LogP contribution in [0.25, 0.3) is 0 Å². The molecule has 0 bridgehead atoms. The average Bonchev–Trinajstić information content (AvgIpc) is 2.95. The van der Waals surface area contributed by atoms with Crippen molar-refractivity contribution < 1.29 is 23.8 Å². The number of carbonyl (C=O) groups is 2. The first kappa shape index (κ1) is 26.2. The Balaban J connectivity index is 1.43. The van der Waals surface area contributed by atoms with E-state index in [1.54, 1.807) is 18.2 Å². The van der Waals surface area contributed by atoms with Gasteiger partial charge in [-0.15, -0.1) is 0 Å². The zero-order valence-corrected chi connectivity index (χ0v) is 21.0. The quantitative estimate of drug-likeness (QED) is 0.313. The summed E-state index contributed by atoms with van der Waals surface area (Å²) in [7, 11) is 1.32. The zero-order valence-electron chi connectivity index (χ0n) is 21.0. The standard InChI is InChI=1S/C29H33N3O5/c1-35-28(33)25-21-24(31-29(34)30-15-8-16-32-17-19-36-20-18-32)13-14-26(25)37-27(22-9-4-2-5-10-22)23-11-6-3-7-12-23/h2-7,9-14,21,27H,8,15-20H2,1H3,(H2,30,31,34). The van der Waals surface area contributed by atoms with Gasteiger partial charge in [0.1, 0.15) is 17.4 Å². The maximum atomic E-state index is 12.6. The smallest absolute Gasteiger partial charge is 0.341 e. The van der Waals surface area contributed by atoms with E-state index in [2.05, 4.69) is 15.5 Å². The molecular weight excluding hydrogens is 470 g/mol.